The standard InChI is InChI=1S/C9H16N2/c1-5-8(3)9(6-2)11-7-10-4/h6-8H,2,5H2,1,3-4H3. The highest BCUT2D eigenvalue weighted by atomic mass is 14.8. The van der Waals surface area contributed by atoms with Crippen molar-refractivity contribution in [2.45, 2.75) is 20.3 Å². The number of hydrogen-bond donors (Lipinski definition) is 0. The summed E-state index contributed by atoms with van der Waals surface area (Å²) in [7, 11) is 1.71. The van der Waals surface area contributed by atoms with E-state index in [2.05, 4.69) is 30.4 Å². The van der Waals surface area contributed by atoms with Gasteiger partial charge >= 0.3 is 0 Å². The quantitative estimate of drug-likeness (QED) is 0.436. The van der Waals surface area contributed by atoms with Crippen LogP contribution in [0.4, 0.5) is 0 Å². The van der Waals surface area contributed by atoms with Crippen LogP contribution in [0.3, 0.4) is 0 Å². The van der Waals surface area contributed by atoms with E-state index in [4.69, 9.17) is 0 Å². The fourth-order valence-electron chi connectivity index (χ4n) is 0.715. The summed E-state index contributed by atoms with van der Waals surface area (Å²) < 4.78 is 0. The van der Waals surface area contributed by atoms with Crippen LogP contribution in [0.25, 0.3) is 0 Å². The third kappa shape index (κ3) is 3.71. The van der Waals surface area contributed by atoms with Crippen LogP contribution in [0, 0.1) is 5.92 Å². The van der Waals surface area contributed by atoms with Gasteiger partial charge in [0.1, 0.15) is 6.34 Å². The summed E-state index contributed by atoms with van der Waals surface area (Å²) in [4.78, 5) is 7.92. The molecule has 0 bridgehead atoms. The predicted octanol–water partition coefficient (Wildman–Crippen LogP) is 2.32. The van der Waals surface area contributed by atoms with Crippen LogP contribution in [0.2, 0.25) is 0 Å². The van der Waals surface area contributed by atoms with Crippen LogP contribution in [0.1, 0.15) is 20.3 Å². The Morgan fingerprint density at radius 3 is 2.64 bits per heavy atom. The second-order valence-corrected chi connectivity index (χ2v) is 2.44. The molecule has 0 radical (unpaired) electrons. The van der Waals surface area contributed by atoms with Gasteiger partial charge in [0.15, 0.2) is 0 Å². The molecule has 0 aromatic rings. The molecule has 0 aromatic heterocycles. The van der Waals surface area contributed by atoms with E-state index in [1.807, 2.05) is 0 Å². The number of aliphatic imine (C=N–C) groups is 2. The van der Waals surface area contributed by atoms with E-state index in [9.17, 15) is 0 Å². The highest BCUT2D eigenvalue weighted by Crippen LogP contribution is 2.03. The molecule has 0 aliphatic carbocycles. The third-order valence-electron chi connectivity index (χ3n) is 1.65. The highest BCUT2D eigenvalue weighted by Gasteiger charge is 2.02. The Balaban J connectivity index is 4.25. The molecular weight excluding hydrogens is 136 g/mol. The molecule has 0 rings (SSSR count). The lowest BCUT2D eigenvalue weighted by atomic mass is 10.0. The Labute approximate surface area is 68.8 Å². The Morgan fingerprint density at radius 2 is 2.27 bits per heavy atom. The Morgan fingerprint density at radius 1 is 1.64 bits per heavy atom. The largest absolute Gasteiger partial charge is 0.277 e. The summed E-state index contributed by atoms with van der Waals surface area (Å²) in [6.07, 6.45) is 4.43. The second kappa shape index (κ2) is 5.83. The third-order valence-corrected chi connectivity index (χ3v) is 1.65. The van der Waals surface area contributed by atoms with E-state index >= 15 is 0 Å². The second-order valence-electron chi connectivity index (χ2n) is 2.44. The molecule has 62 valence electrons. The lowest BCUT2D eigenvalue weighted by Gasteiger charge is -2.05. The molecule has 1 atom stereocenters. The SMILES string of the molecule is C=CC(=NC=NC)C(C)CC. The molecule has 0 saturated heterocycles. The first-order valence-electron chi connectivity index (χ1n) is 3.87. The summed E-state index contributed by atoms with van der Waals surface area (Å²) in [5, 5.41) is 0. The van der Waals surface area contributed by atoms with E-state index in [1.165, 1.54) is 0 Å². The van der Waals surface area contributed by atoms with E-state index in [0.29, 0.717) is 5.92 Å². The van der Waals surface area contributed by atoms with Gasteiger partial charge in [-0.25, -0.2) is 4.99 Å². The smallest absolute Gasteiger partial charge is 0.109 e. The zero-order valence-corrected chi connectivity index (χ0v) is 7.54. The van der Waals surface area contributed by atoms with E-state index in [-0.39, 0.29) is 0 Å². The van der Waals surface area contributed by atoms with E-state index < -0.39 is 0 Å². The predicted molar refractivity (Wildman–Crippen MR) is 51.5 cm³/mol. The first kappa shape index (κ1) is 10.1. The van der Waals surface area contributed by atoms with Gasteiger partial charge in [-0.15, -0.1) is 0 Å². The van der Waals surface area contributed by atoms with Crippen LogP contribution in [-0.2, 0) is 0 Å². The maximum absolute atomic E-state index is 4.14. The van der Waals surface area contributed by atoms with Gasteiger partial charge in [0.2, 0.25) is 0 Å². The van der Waals surface area contributed by atoms with Gasteiger partial charge in [-0.2, -0.15) is 0 Å². The number of nitrogens with zero attached hydrogens (tertiary/aromatic N) is 2. The van der Waals surface area contributed by atoms with Crippen LogP contribution in [0.5, 0.6) is 0 Å². The average molecular weight is 152 g/mol. The van der Waals surface area contributed by atoms with Gasteiger partial charge in [-0.3, -0.25) is 4.99 Å². The summed E-state index contributed by atoms with van der Waals surface area (Å²) in [6, 6.07) is 0. The van der Waals surface area contributed by atoms with Crippen molar-refractivity contribution in [1.82, 2.24) is 0 Å². The van der Waals surface area contributed by atoms with Crippen LogP contribution in [-0.4, -0.2) is 19.1 Å². The minimum Gasteiger partial charge on any atom is -0.277 e. The van der Waals surface area contributed by atoms with Gasteiger partial charge in [-0.1, -0.05) is 20.4 Å². The van der Waals surface area contributed by atoms with Crippen molar-refractivity contribution < 1.29 is 0 Å². The van der Waals surface area contributed by atoms with Gasteiger partial charge in [-0.05, 0) is 18.4 Å². The normalized spacial score (nSPS) is 15.4. The minimum atomic E-state index is 0.477. The molecule has 0 spiro atoms. The molecule has 0 aromatic carbocycles. The van der Waals surface area contributed by atoms with Gasteiger partial charge in [0.05, 0.1) is 0 Å². The fraction of sp³-hybridized carbons (Fsp3) is 0.556. The molecule has 2 nitrogen and oxygen atoms in total. The molecule has 0 saturated carbocycles. The van der Waals surface area contributed by atoms with Crippen molar-refractivity contribution in [2.75, 3.05) is 7.05 Å². The minimum absolute atomic E-state index is 0.477. The van der Waals surface area contributed by atoms with Crippen molar-refractivity contribution in [3.05, 3.63) is 12.7 Å². The maximum Gasteiger partial charge on any atom is 0.109 e. The number of rotatable bonds is 4. The zero-order valence-electron chi connectivity index (χ0n) is 7.54. The van der Waals surface area contributed by atoms with Gasteiger partial charge in [0, 0.05) is 12.8 Å². The Hall–Kier alpha value is -0.920. The Kier molecular flexibility index (Phi) is 5.35. The van der Waals surface area contributed by atoms with Crippen LogP contribution < -0.4 is 0 Å². The first-order chi connectivity index (χ1) is 5.26. The van der Waals surface area contributed by atoms with Crippen LogP contribution >= 0.6 is 0 Å². The number of allylic oxidation sites excluding steroid dienone is 1. The first-order valence-corrected chi connectivity index (χ1v) is 3.87. The summed E-state index contributed by atoms with van der Waals surface area (Å²) in [5.74, 6) is 0.477. The summed E-state index contributed by atoms with van der Waals surface area (Å²) in [6.45, 7) is 7.95. The number of hydrogen-bond acceptors (Lipinski definition) is 1. The topological polar surface area (TPSA) is 24.7 Å². The summed E-state index contributed by atoms with van der Waals surface area (Å²) in [5.41, 5.74) is 1.01. The molecule has 0 fully saturated rings. The molecular formula is C9H16N2. The van der Waals surface area contributed by atoms with E-state index in [1.54, 1.807) is 19.5 Å². The highest BCUT2D eigenvalue weighted by molar-refractivity contribution is 6.00. The van der Waals surface area contributed by atoms with Gasteiger partial charge in [0.25, 0.3) is 0 Å². The zero-order chi connectivity index (χ0) is 8.69. The van der Waals surface area contributed by atoms with E-state index in [0.717, 1.165) is 12.1 Å². The Bertz CT molecular complexity index is 168. The van der Waals surface area contributed by atoms with Gasteiger partial charge < -0.3 is 0 Å². The molecule has 0 aliphatic heterocycles. The lowest BCUT2D eigenvalue weighted by molar-refractivity contribution is 0.744. The molecule has 0 amide bonds. The van der Waals surface area contributed by atoms with Crippen molar-refractivity contribution >= 4 is 12.1 Å². The van der Waals surface area contributed by atoms with Crippen molar-refractivity contribution in [3.8, 4) is 0 Å². The molecule has 0 aliphatic rings. The molecule has 2 heteroatoms. The monoisotopic (exact) mass is 152 g/mol. The molecule has 1 unspecified atom stereocenters. The van der Waals surface area contributed by atoms with Crippen molar-refractivity contribution in [3.63, 3.8) is 0 Å². The summed E-state index contributed by atoms with van der Waals surface area (Å²) >= 11 is 0. The molecule has 0 heterocycles. The fourth-order valence-corrected chi connectivity index (χ4v) is 0.715. The molecule has 0 N–H and O–H groups in total. The van der Waals surface area contributed by atoms with Crippen LogP contribution in [0.15, 0.2) is 22.6 Å². The molecule has 11 heavy (non-hydrogen) atoms. The van der Waals surface area contributed by atoms with Crippen molar-refractivity contribution in [2.24, 2.45) is 15.9 Å². The maximum atomic E-state index is 4.14. The lowest BCUT2D eigenvalue weighted by Crippen LogP contribution is -2.06. The van der Waals surface area contributed by atoms with Crippen molar-refractivity contribution in [1.29, 1.82) is 0 Å². The average Bonchev–Trinajstić information content (AvgIpc) is 2.05.